The van der Waals surface area contributed by atoms with E-state index in [0.717, 1.165) is 15.2 Å². The van der Waals surface area contributed by atoms with Crippen LogP contribution in [0.5, 0.6) is 5.75 Å². The molecule has 5 nitrogen and oxygen atoms in total. The molecule has 3 rings (SSSR count). The van der Waals surface area contributed by atoms with Gasteiger partial charge in [-0.1, -0.05) is 11.6 Å². The fourth-order valence-corrected chi connectivity index (χ4v) is 4.48. The molecule has 0 aliphatic carbocycles. The van der Waals surface area contributed by atoms with Gasteiger partial charge in [0.05, 0.1) is 37.4 Å². The van der Waals surface area contributed by atoms with Crippen molar-refractivity contribution in [2.75, 3.05) is 11.3 Å². The molecule has 0 bridgehead atoms. The fraction of sp³-hybridized carbons (Fsp3) is 0.188. The third-order valence-electron chi connectivity index (χ3n) is 3.26. The van der Waals surface area contributed by atoms with Crippen molar-refractivity contribution in [1.82, 2.24) is 4.98 Å². The van der Waals surface area contributed by atoms with Gasteiger partial charge in [-0.25, -0.2) is 13.4 Å². The maximum atomic E-state index is 12.5. The molecule has 24 heavy (non-hydrogen) atoms. The quantitative estimate of drug-likeness (QED) is 0.707. The first-order valence-corrected chi connectivity index (χ1v) is 9.89. The Morgan fingerprint density at radius 1 is 1.25 bits per heavy atom. The number of sulfonamides is 1. The summed E-state index contributed by atoms with van der Waals surface area (Å²) in [5.74, 6) is 0.458. The highest BCUT2D eigenvalue weighted by molar-refractivity contribution is 7.92. The third-order valence-corrected chi connectivity index (χ3v) is 5.87. The summed E-state index contributed by atoms with van der Waals surface area (Å²) in [6.07, 6.45) is 0. The van der Waals surface area contributed by atoms with Crippen LogP contribution in [-0.2, 0) is 10.0 Å². The van der Waals surface area contributed by atoms with Crippen molar-refractivity contribution < 1.29 is 13.2 Å². The van der Waals surface area contributed by atoms with Crippen LogP contribution in [0.3, 0.4) is 0 Å². The maximum absolute atomic E-state index is 12.5. The molecule has 1 heterocycles. The fourth-order valence-electron chi connectivity index (χ4n) is 2.24. The second-order valence-corrected chi connectivity index (χ2v) is 8.37. The predicted molar refractivity (Wildman–Crippen MR) is 97.8 cm³/mol. The van der Waals surface area contributed by atoms with E-state index >= 15 is 0 Å². The molecule has 0 saturated carbocycles. The number of thiazole rings is 1. The molecule has 8 heteroatoms. The van der Waals surface area contributed by atoms with Gasteiger partial charge in [-0.2, -0.15) is 0 Å². The Bertz CT molecular complexity index is 1000. The summed E-state index contributed by atoms with van der Waals surface area (Å²) in [6, 6.07) is 9.65. The number of nitrogens with one attached hydrogen (secondary N) is 1. The number of fused-ring (bicyclic) bond motifs is 1. The summed E-state index contributed by atoms with van der Waals surface area (Å²) >= 11 is 7.59. The lowest BCUT2D eigenvalue weighted by molar-refractivity contribution is 0.340. The van der Waals surface area contributed by atoms with Crippen molar-refractivity contribution in [2.45, 2.75) is 18.7 Å². The molecule has 126 valence electrons. The number of aryl methyl sites for hydroxylation is 1. The van der Waals surface area contributed by atoms with Crippen LogP contribution in [0.15, 0.2) is 41.3 Å². The van der Waals surface area contributed by atoms with Crippen molar-refractivity contribution in [2.24, 2.45) is 0 Å². The number of anilines is 1. The zero-order chi connectivity index (χ0) is 17.3. The number of ether oxygens (including phenoxy) is 1. The minimum Gasteiger partial charge on any atom is -0.492 e. The van der Waals surface area contributed by atoms with E-state index in [0.29, 0.717) is 18.0 Å². The Balaban J connectivity index is 1.90. The van der Waals surface area contributed by atoms with Crippen molar-refractivity contribution in [1.29, 1.82) is 0 Å². The molecule has 0 spiro atoms. The molecule has 0 fully saturated rings. The van der Waals surface area contributed by atoms with Crippen molar-refractivity contribution >= 4 is 48.9 Å². The van der Waals surface area contributed by atoms with E-state index in [9.17, 15) is 8.42 Å². The summed E-state index contributed by atoms with van der Waals surface area (Å²) in [4.78, 5) is 4.44. The lowest BCUT2D eigenvalue weighted by atomic mass is 10.3. The summed E-state index contributed by atoms with van der Waals surface area (Å²) in [5.41, 5.74) is 1.33. The largest absolute Gasteiger partial charge is 0.492 e. The lowest BCUT2D eigenvalue weighted by Crippen LogP contribution is -2.13. The first kappa shape index (κ1) is 17.0. The van der Waals surface area contributed by atoms with Crippen LogP contribution in [0, 0.1) is 6.92 Å². The van der Waals surface area contributed by atoms with Crippen LogP contribution in [0.25, 0.3) is 10.2 Å². The topological polar surface area (TPSA) is 68.3 Å². The average molecular weight is 383 g/mol. The first-order chi connectivity index (χ1) is 11.4. The van der Waals surface area contributed by atoms with Crippen molar-refractivity contribution in [3.05, 3.63) is 46.4 Å². The summed E-state index contributed by atoms with van der Waals surface area (Å²) in [6.45, 7) is 4.20. The molecule has 0 amide bonds. The van der Waals surface area contributed by atoms with Gasteiger partial charge >= 0.3 is 0 Å². The zero-order valence-corrected chi connectivity index (χ0v) is 15.4. The SMILES string of the molecule is CCOc1ccc(S(=O)(=O)Nc2ccc3nc(C)sc3c2)cc1Cl. The lowest BCUT2D eigenvalue weighted by Gasteiger charge is -2.10. The Morgan fingerprint density at radius 2 is 2.04 bits per heavy atom. The minimum atomic E-state index is -3.74. The monoisotopic (exact) mass is 382 g/mol. The highest BCUT2D eigenvalue weighted by Crippen LogP contribution is 2.29. The van der Waals surface area contributed by atoms with E-state index < -0.39 is 10.0 Å². The average Bonchev–Trinajstić information content (AvgIpc) is 2.88. The van der Waals surface area contributed by atoms with Crippen LogP contribution in [-0.4, -0.2) is 20.0 Å². The molecule has 3 aromatic rings. The van der Waals surface area contributed by atoms with Gasteiger partial charge in [0.2, 0.25) is 0 Å². The predicted octanol–water partition coefficient (Wildman–Crippen LogP) is 4.46. The Morgan fingerprint density at radius 3 is 2.75 bits per heavy atom. The van der Waals surface area contributed by atoms with E-state index in [2.05, 4.69) is 9.71 Å². The molecule has 1 N–H and O–H groups in total. The van der Waals surface area contributed by atoms with Crippen LogP contribution in [0.4, 0.5) is 5.69 Å². The van der Waals surface area contributed by atoms with Crippen molar-refractivity contribution in [3.8, 4) is 5.75 Å². The zero-order valence-electron chi connectivity index (χ0n) is 13.0. The standard InChI is InChI=1S/C16H15ClN2O3S2/c1-3-22-15-7-5-12(9-13(15)17)24(20,21)19-11-4-6-14-16(8-11)23-10(2)18-14/h4-9,19H,3H2,1-2H3. The van der Waals surface area contributed by atoms with Gasteiger partial charge in [0.25, 0.3) is 10.0 Å². The van der Waals surface area contributed by atoms with E-state index in [4.69, 9.17) is 16.3 Å². The number of benzene rings is 2. The van der Waals surface area contributed by atoms with Gasteiger partial charge in [-0.3, -0.25) is 4.72 Å². The summed E-state index contributed by atoms with van der Waals surface area (Å²) < 4.78 is 33.9. The van der Waals surface area contributed by atoms with Gasteiger partial charge < -0.3 is 4.74 Å². The van der Waals surface area contributed by atoms with Gasteiger partial charge in [0, 0.05) is 0 Å². The molecular formula is C16H15ClN2O3S2. The molecule has 1 aromatic heterocycles. The molecule has 0 saturated heterocycles. The smallest absolute Gasteiger partial charge is 0.261 e. The Labute approximate surface area is 149 Å². The molecule has 0 atom stereocenters. The van der Waals surface area contributed by atoms with Crippen LogP contribution in [0.2, 0.25) is 5.02 Å². The van der Waals surface area contributed by atoms with Gasteiger partial charge in [-0.05, 0) is 50.2 Å². The number of halogens is 1. The number of aromatic nitrogens is 1. The van der Waals surface area contributed by atoms with Gasteiger partial charge in [0.15, 0.2) is 0 Å². The molecule has 0 aliphatic rings. The Kier molecular flexibility index (Phi) is 4.67. The van der Waals surface area contributed by atoms with E-state index in [1.54, 1.807) is 24.3 Å². The maximum Gasteiger partial charge on any atom is 0.261 e. The second-order valence-electron chi connectivity index (χ2n) is 5.05. The number of nitrogens with zero attached hydrogens (tertiary/aromatic N) is 1. The van der Waals surface area contributed by atoms with E-state index in [1.165, 1.54) is 23.5 Å². The minimum absolute atomic E-state index is 0.0801. The summed E-state index contributed by atoms with van der Waals surface area (Å²) in [5, 5.41) is 1.19. The molecule has 0 radical (unpaired) electrons. The number of hydrogen-bond acceptors (Lipinski definition) is 5. The molecule has 2 aromatic carbocycles. The van der Waals surface area contributed by atoms with E-state index in [1.807, 2.05) is 13.8 Å². The van der Waals surface area contributed by atoms with Crippen LogP contribution >= 0.6 is 22.9 Å². The van der Waals surface area contributed by atoms with Crippen LogP contribution in [0.1, 0.15) is 11.9 Å². The second kappa shape index (κ2) is 6.58. The highest BCUT2D eigenvalue weighted by Gasteiger charge is 2.17. The van der Waals surface area contributed by atoms with Crippen molar-refractivity contribution in [3.63, 3.8) is 0 Å². The van der Waals surface area contributed by atoms with Crippen LogP contribution < -0.4 is 9.46 Å². The Hall–Kier alpha value is -1.83. The molecule has 0 unspecified atom stereocenters. The van der Waals surface area contributed by atoms with Gasteiger partial charge in [0.1, 0.15) is 5.75 Å². The third kappa shape index (κ3) is 3.48. The first-order valence-electron chi connectivity index (χ1n) is 7.21. The molecule has 0 aliphatic heterocycles. The summed E-state index contributed by atoms with van der Waals surface area (Å²) in [7, 11) is -3.74. The number of rotatable bonds is 5. The normalized spacial score (nSPS) is 11.6. The van der Waals surface area contributed by atoms with E-state index in [-0.39, 0.29) is 9.92 Å². The number of hydrogen-bond donors (Lipinski definition) is 1. The molecular weight excluding hydrogens is 368 g/mol. The highest BCUT2D eigenvalue weighted by atomic mass is 35.5. The van der Waals surface area contributed by atoms with Gasteiger partial charge in [-0.15, -0.1) is 11.3 Å².